The van der Waals surface area contributed by atoms with E-state index in [1.165, 1.54) is 31.4 Å². The van der Waals surface area contributed by atoms with Crippen LogP contribution in [0.3, 0.4) is 0 Å². The Morgan fingerprint density at radius 3 is 2.62 bits per heavy atom. The number of sulfonamides is 1. The lowest BCUT2D eigenvalue weighted by Gasteiger charge is -2.19. The Kier molecular flexibility index (Phi) is 4.46. The maximum Gasteiger partial charge on any atom is 0.265 e. The molecule has 110 valence electrons. The smallest absolute Gasteiger partial charge is 0.265 e. The molecule has 1 aromatic carbocycles. The average molecular weight is 342 g/mol. The molecular formula is C13H12ClN3O2S2. The molecule has 0 aliphatic rings. The van der Waals surface area contributed by atoms with E-state index in [1.54, 1.807) is 18.3 Å². The number of thiocarbonyl (C=S) groups is 1. The van der Waals surface area contributed by atoms with E-state index in [9.17, 15) is 8.42 Å². The van der Waals surface area contributed by atoms with Crippen molar-refractivity contribution >= 4 is 44.5 Å². The Bertz CT molecular complexity index is 779. The first-order chi connectivity index (χ1) is 9.84. The number of halogens is 1. The maximum absolute atomic E-state index is 12.6. The van der Waals surface area contributed by atoms with Gasteiger partial charge in [0.2, 0.25) is 0 Å². The van der Waals surface area contributed by atoms with Crippen LogP contribution in [-0.2, 0) is 10.0 Å². The van der Waals surface area contributed by atoms with Gasteiger partial charge in [0.15, 0.2) is 0 Å². The first-order valence-electron chi connectivity index (χ1n) is 5.82. The highest BCUT2D eigenvalue weighted by atomic mass is 35.5. The van der Waals surface area contributed by atoms with Crippen LogP contribution < -0.4 is 10.0 Å². The van der Waals surface area contributed by atoms with Crippen LogP contribution >= 0.6 is 23.8 Å². The van der Waals surface area contributed by atoms with Crippen LogP contribution in [0.5, 0.6) is 0 Å². The molecule has 1 heterocycles. The van der Waals surface area contributed by atoms with E-state index in [-0.39, 0.29) is 14.9 Å². The van der Waals surface area contributed by atoms with Gasteiger partial charge in [-0.1, -0.05) is 29.9 Å². The largest absolute Gasteiger partial charge is 0.389 e. The van der Waals surface area contributed by atoms with Crippen molar-refractivity contribution in [1.82, 2.24) is 4.98 Å². The third kappa shape index (κ3) is 3.15. The summed E-state index contributed by atoms with van der Waals surface area (Å²) in [6.45, 7) is 0. The van der Waals surface area contributed by atoms with E-state index in [0.29, 0.717) is 11.3 Å². The van der Waals surface area contributed by atoms with Gasteiger partial charge in [-0.15, -0.1) is 0 Å². The third-order valence-electron chi connectivity index (χ3n) is 2.86. The fourth-order valence-corrected chi connectivity index (χ4v) is 3.52. The summed E-state index contributed by atoms with van der Waals surface area (Å²) >= 11 is 10.9. The molecule has 1 aromatic heterocycles. The fraction of sp³-hybridized carbons (Fsp3) is 0.0769. The Morgan fingerprint density at radius 1 is 1.38 bits per heavy atom. The molecule has 0 bridgehead atoms. The number of hydrogen-bond donors (Lipinski definition) is 1. The molecule has 0 spiro atoms. The molecule has 5 nitrogen and oxygen atoms in total. The lowest BCUT2D eigenvalue weighted by Crippen LogP contribution is -2.27. The third-order valence-corrected chi connectivity index (χ3v) is 5.37. The van der Waals surface area contributed by atoms with Gasteiger partial charge < -0.3 is 5.73 Å². The van der Waals surface area contributed by atoms with Crippen molar-refractivity contribution in [2.75, 3.05) is 11.4 Å². The van der Waals surface area contributed by atoms with E-state index in [4.69, 9.17) is 29.6 Å². The monoisotopic (exact) mass is 341 g/mol. The second-order valence-electron chi connectivity index (χ2n) is 4.19. The summed E-state index contributed by atoms with van der Waals surface area (Å²) in [5.41, 5.74) is 6.45. The molecule has 0 unspecified atom stereocenters. The number of pyridine rings is 1. The van der Waals surface area contributed by atoms with Gasteiger partial charge in [-0.3, -0.25) is 9.29 Å². The van der Waals surface area contributed by atoms with Crippen LogP contribution in [0.15, 0.2) is 47.6 Å². The van der Waals surface area contributed by atoms with E-state index >= 15 is 0 Å². The van der Waals surface area contributed by atoms with Crippen molar-refractivity contribution in [1.29, 1.82) is 0 Å². The van der Waals surface area contributed by atoms with Crippen molar-refractivity contribution in [3.63, 3.8) is 0 Å². The topological polar surface area (TPSA) is 76.3 Å². The minimum Gasteiger partial charge on any atom is -0.389 e. The van der Waals surface area contributed by atoms with Gasteiger partial charge >= 0.3 is 0 Å². The van der Waals surface area contributed by atoms with E-state index < -0.39 is 10.0 Å². The molecule has 0 amide bonds. The van der Waals surface area contributed by atoms with Crippen molar-refractivity contribution in [3.05, 3.63) is 53.3 Å². The summed E-state index contributed by atoms with van der Waals surface area (Å²) in [6.07, 6.45) is 3.02. The Hall–Kier alpha value is -1.70. The molecule has 21 heavy (non-hydrogen) atoms. The molecule has 0 aliphatic carbocycles. The highest BCUT2D eigenvalue weighted by Crippen LogP contribution is 2.27. The second kappa shape index (κ2) is 5.97. The van der Waals surface area contributed by atoms with E-state index in [2.05, 4.69) is 4.98 Å². The quantitative estimate of drug-likeness (QED) is 0.863. The molecule has 2 aromatic rings. The number of aromatic nitrogens is 1. The molecule has 0 saturated heterocycles. The number of nitrogens with zero attached hydrogens (tertiary/aromatic N) is 2. The lowest BCUT2D eigenvalue weighted by molar-refractivity contribution is 0.594. The fourth-order valence-electron chi connectivity index (χ4n) is 1.69. The van der Waals surface area contributed by atoms with Crippen LogP contribution in [0.1, 0.15) is 5.56 Å². The summed E-state index contributed by atoms with van der Waals surface area (Å²) in [5, 5.41) is 0.0658. The molecule has 0 fully saturated rings. The van der Waals surface area contributed by atoms with Crippen molar-refractivity contribution in [3.8, 4) is 0 Å². The molecule has 8 heteroatoms. The molecule has 2 rings (SSSR count). The number of benzene rings is 1. The summed E-state index contributed by atoms with van der Waals surface area (Å²) in [6, 6.07) is 7.64. The Morgan fingerprint density at radius 2 is 2.10 bits per heavy atom. The average Bonchev–Trinajstić information content (AvgIpc) is 2.46. The maximum atomic E-state index is 12.6. The first-order valence-corrected chi connectivity index (χ1v) is 8.05. The molecule has 0 aliphatic heterocycles. The number of nitrogens with two attached hydrogens (primary N) is 1. The predicted octanol–water partition coefficient (Wildman–Crippen LogP) is 2.19. The number of anilines is 1. The van der Waals surface area contributed by atoms with Gasteiger partial charge in [0.25, 0.3) is 10.0 Å². The van der Waals surface area contributed by atoms with Crippen molar-refractivity contribution < 1.29 is 8.42 Å². The minimum atomic E-state index is -3.79. The van der Waals surface area contributed by atoms with Crippen LogP contribution in [0.2, 0.25) is 5.02 Å². The van der Waals surface area contributed by atoms with Gasteiger partial charge in [-0.05, 0) is 24.3 Å². The van der Waals surface area contributed by atoms with Crippen LogP contribution in [-0.4, -0.2) is 25.4 Å². The summed E-state index contributed by atoms with van der Waals surface area (Å²) in [4.78, 5) is 4.04. The molecule has 2 N–H and O–H groups in total. The van der Waals surface area contributed by atoms with Gasteiger partial charge in [0.05, 0.1) is 16.9 Å². The summed E-state index contributed by atoms with van der Waals surface area (Å²) in [5.74, 6) is 0. The first kappa shape index (κ1) is 15.7. The summed E-state index contributed by atoms with van der Waals surface area (Å²) in [7, 11) is -2.35. The van der Waals surface area contributed by atoms with Crippen LogP contribution in [0, 0.1) is 0 Å². The molecule has 0 atom stereocenters. The zero-order chi connectivity index (χ0) is 15.6. The zero-order valence-electron chi connectivity index (χ0n) is 11.0. The van der Waals surface area contributed by atoms with Crippen LogP contribution in [0.25, 0.3) is 0 Å². The summed E-state index contributed by atoms with van der Waals surface area (Å²) < 4.78 is 26.3. The second-order valence-corrected chi connectivity index (χ2v) is 6.98. The number of hydrogen-bond acceptors (Lipinski definition) is 4. The van der Waals surface area contributed by atoms with E-state index in [1.807, 2.05) is 0 Å². The normalized spacial score (nSPS) is 11.1. The van der Waals surface area contributed by atoms with E-state index in [0.717, 1.165) is 4.31 Å². The highest BCUT2D eigenvalue weighted by molar-refractivity contribution is 7.93. The standard InChI is InChI=1S/C13H12ClN3O2S2/c1-17(10-3-2-6-16-8-10)21(18,19)12-5-4-9(13(15)20)7-11(12)14/h2-8H,1H3,(H2,15,20). The minimum absolute atomic E-state index is 0.0180. The highest BCUT2D eigenvalue weighted by Gasteiger charge is 2.24. The van der Waals surface area contributed by atoms with Gasteiger partial charge in [0, 0.05) is 18.8 Å². The SMILES string of the molecule is CN(c1cccnc1)S(=O)(=O)c1ccc(C(N)=S)cc1Cl. The molecular weight excluding hydrogens is 330 g/mol. The Balaban J connectivity index is 2.47. The van der Waals surface area contributed by atoms with Gasteiger partial charge in [-0.25, -0.2) is 8.42 Å². The van der Waals surface area contributed by atoms with Crippen molar-refractivity contribution in [2.45, 2.75) is 4.90 Å². The number of rotatable bonds is 4. The van der Waals surface area contributed by atoms with Gasteiger partial charge in [0.1, 0.15) is 9.88 Å². The van der Waals surface area contributed by atoms with Crippen molar-refractivity contribution in [2.24, 2.45) is 5.73 Å². The van der Waals surface area contributed by atoms with Gasteiger partial charge in [-0.2, -0.15) is 0 Å². The predicted molar refractivity (Wildman–Crippen MR) is 87.2 cm³/mol. The van der Waals surface area contributed by atoms with Crippen LogP contribution in [0.4, 0.5) is 5.69 Å². The molecule has 0 radical (unpaired) electrons. The Labute approximate surface area is 133 Å². The zero-order valence-corrected chi connectivity index (χ0v) is 13.4. The molecule has 0 saturated carbocycles. The lowest BCUT2D eigenvalue weighted by atomic mass is 10.2.